The molecule has 1 aliphatic carbocycles. The first-order valence-electron chi connectivity index (χ1n) is 7.29. The van der Waals surface area contributed by atoms with Crippen LogP contribution in [0.4, 0.5) is 5.82 Å². The van der Waals surface area contributed by atoms with E-state index >= 15 is 0 Å². The molecule has 3 N–H and O–H groups in total. The van der Waals surface area contributed by atoms with Gasteiger partial charge in [0.05, 0.1) is 6.10 Å². The fraction of sp³-hybridized carbons (Fsp3) is 0.667. The lowest BCUT2D eigenvalue weighted by molar-refractivity contribution is 0.0251. The van der Waals surface area contributed by atoms with Crippen LogP contribution in [0.2, 0.25) is 0 Å². The number of aryl methyl sites for hydroxylation is 1. The minimum atomic E-state index is 0.397. The Kier molecular flexibility index (Phi) is 5.61. The fourth-order valence-corrected chi connectivity index (χ4v) is 2.44. The third-order valence-corrected chi connectivity index (χ3v) is 3.59. The lowest BCUT2D eigenvalue weighted by Gasteiger charge is -2.26. The van der Waals surface area contributed by atoms with Gasteiger partial charge < -0.3 is 15.8 Å². The van der Waals surface area contributed by atoms with E-state index in [2.05, 4.69) is 10.3 Å². The fourth-order valence-electron chi connectivity index (χ4n) is 2.44. The lowest BCUT2D eigenvalue weighted by Crippen LogP contribution is -2.30. The SMILES string of the molecule is Cc1cccc(NCCCOC2CCC(N)CC2)n1. The van der Waals surface area contributed by atoms with Crippen LogP contribution in [0.3, 0.4) is 0 Å². The van der Waals surface area contributed by atoms with Gasteiger partial charge in [-0.15, -0.1) is 0 Å². The highest BCUT2D eigenvalue weighted by Gasteiger charge is 2.18. The Morgan fingerprint density at radius 1 is 1.32 bits per heavy atom. The number of aromatic nitrogens is 1. The van der Waals surface area contributed by atoms with Gasteiger partial charge in [-0.25, -0.2) is 4.98 Å². The molecule has 0 aromatic carbocycles. The number of anilines is 1. The molecule has 4 nitrogen and oxygen atoms in total. The van der Waals surface area contributed by atoms with Crippen LogP contribution in [0.15, 0.2) is 18.2 Å². The molecule has 2 rings (SSSR count). The number of hydrogen-bond donors (Lipinski definition) is 2. The summed E-state index contributed by atoms with van der Waals surface area (Å²) < 4.78 is 5.88. The molecule has 0 bridgehead atoms. The van der Waals surface area contributed by atoms with Gasteiger partial charge in [-0.05, 0) is 51.2 Å². The maximum absolute atomic E-state index is 5.88. The van der Waals surface area contributed by atoms with Crippen molar-refractivity contribution < 1.29 is 4.74 Å². The van der Waals surface area contributed by atoms with Crippen molar-refractivity contribution in [3.05, 3.63) is 23.9 Å². The number of nitrogens with zero attached hydrogens (tertiary/aromatic N) is 1. The summed E-state index contributed by atoms with van der Waals surface area (Å²) in [7, 11) is 0. The van der Waals surface area contributed by atoms with Gasteiger partial charge in [0.25, 0.3) is 0 Å². The van der Waals surface area contributed by atoms with Crippen molar-refractivity contribution in [1.82, 2.24) is 4.98 Å². The third kappa shape index (κ3) is 5.17. The van der Waals surface area contributed by atoms with Crippen molar-refractivity contribution in [3.8, 4) is 0 Å². The molecule has 19 heavy (non-hydrogen) atoms. The predicted octanol–water partition coefficient (Wildman–Crippen LogP) is 2.48. The van der Waals surface area contributed by atoms with Crippen molar-refractivity contribution in [2.24, 2.45) is 5.73 Å². The molecule has 0 aliphatic heterocycles. The Labute approximate surface area is 115 Å². The minimum absolute atomic E-state index is 0.397. The zero-order valence-corrected chi connectivity index (χ0v) is 11.8. The molecule has 0 saturated heterocycles. The van der Waals surface area contributed by atoms with Gasteiger partial charge in [-0.1, -0.05) is 6.07 Å². The van der Waals surface area contributed by atoms with Crippen LogP contribution in [-0.2, 0) is 4.74 Å². The topological polar surface area (TPSA) is 60.2 Å². The zero-order chi connectivity index (χ0) is 13.5. The van der Waals surface area contributed by atoms with Crippen LogP contribution >= 0.6 is 0 Å². The van der Waals surface area contributed by atoms with E-state index in [4.69, 9.17) is 10.5 Å². The molecule has 1 aliphatic rings. The molecule has 4 heteroatoms. The highest BCUT2D eigenvalue weighted by atomic mass is 16.5. The summed E-state index contributed by atoms with van der Waals surface area (Å²) in [6, 6.07) is 6.42. The highest BCUT2D eigenvalue weighted by Crippen LogP contribution is 2.19. The number of pyridine rings is 1. The first-order chi connectivity index (χ1) is 9.24. The standard InChI is InChI=1S/C15H25N3O/c1-12-4-2-5-15(18-12)17-10-3-11-19-14-8-6-13(16)7-9-14/h2,4-5,13-14H,3,6-11,16H2,1H3,(H,17,18). The van der Waals surface area contributed by atoms with Crippen molar-refractivity contribution in [3.63, 3.8) is 0 Å². The summed E-state index contributed by atoms with van der Waals surface area (Å²) in [6.07, 6.45) is 5.89. The molecule has 1 fully saturated rings. The van der Waals surface area contributed by atoms with Crippen molar-refractivity contribution >= 4 is 5.82 Å². The molecular weight excluding hydrogens is 238 g/mol. The van der Waals surface area contributed by atoms with E-state index in [1.54, 1.807) is 0 Å². The largest absolute Gasteiger partial charge is 0.378 e. The van der Waals surface area contributed by atoms with Gasteiger partial charge in [0.1, 0.15) is 5.82 Å². The van der Waals surface area contributed by atoms with Gasteiger partial charge in [-0.2, -0.15) is 0 Å². The van der Waals surface area contributed by atoms with E-state index in [1.807, 2.05) is 25.1 Å². The average Bonchev–Trinajstić information content (AvgIpc) is 2.41. The molecule has 0 atom stereocenters. The van der Waals surface area contributed by atoms with Crippen LogP contribution in [-0.4, -0.2) is 30.3 Å². The second-order valence-electron chi connectivity index (χ2n) is 5.35. The minimum Gasteiger partial charge on any atom is -0.378 e. The Morgan fingerprint density at radius 3 is 2.84 bits per heavy atom. The van der Waals surface area contributed by atoms with E-state index in [1.165, 1.54) is 0 Å². The second-order valence-corrected chi connectivity index (χ2v) is 5.35. The maximum atomic E-state index is 5.88. The number of nitrogens with one attached hydrogen (secondary N) is 1. The van der Waals surface area contributed by atoms with E-state index in [9.17, 15) is 0 Å². The molecule has 1 heterocycles. The first-order valence-corrected chi connectivity index (χ1v) is 7.29. The van der Waals surface area contributed by atoms with Crippen molar-refractivity contribution in [1.29, 1.82) is 0 Å². The normalized spacial score (nSPS) is 23.3. The Hall–Kier alpha value is -1.13. The Morgan fingerprint density at radius 2 is 2.11 bits per heavy atom. The third-order valence-electron chi connectivity index (χ3n) is 3.59. The molecule has 1 aromatic heterocycles. The Balaban J connectivity index is 1.55. The van der Waals surface area contributed by atoms with Gasteiger partial charge in [0.2, 0.25) is 0 Å². The Bertz CT molecular complexity index is 375. The first kappa shape index (κ1) is 14.3. The van der Waals surface area contributed by atoms with Crippen LogP contribution in [0, 0.1) is 6.92 Å². The summed E-state index contributed by atoms with van der Waals surface area (Å²) in [5.74, 6) is 0.948. The highest BCUT2D eigenvalue weighted by molar-refractivity contribution is 5.34. The molecule has 106 valence electrons. The molecule has 1 saturated carbocycles. The molecule has 1 aromatic rings. The lowest BCUT2D eigenvalue weighted by atomic mass is 9.94. The number of rotatable bonds is 6. The molecule has 0 spiro atoms. The molecule has 0 radical (unpaired) electrons. The summed E-state index contributed by atoms with van der Waals surface area (Å²) >= 11 is 0. The second kappa shape index (κ2) is 7.46. The van der Waals surface area contributed by atoms with E-state index < -0.39 is 0 Å². The monoisotopic (exact) mass is 263 g/mol. The van der Waals surface area contributed by atoms with Crippen LogP contribution in [0.1, 0.15) is 37.8 Å². The van der Waals surface area contributed by atoms with Crippen LogP contribution in [0.5, 0.6) is 0 Å². The molecular formula is C15H25N3O. The van der Waals surface area contributed by atoms with Gasteiger partial charge in [0.15, 0.2) is 0 Å². The van der Waals surface area contributed by atoms with Crippen molar-refractivity contribution in [2.75, 3.05) is 18.5 Å². The van der Waals surface area contributed by atoms with Gasteiger partial charge in [-0.3, -0.25) is 0 Å². The van der Waals surface area contributed by atoms with E-state index in [-0.39, 0.29) is 0 Å². The van der Waals surface area contributed by atoms with Crippen LogP contribution < -0.4 is 11.1 Å². The number of ether oxygens (including phenoxy) is 1. The smallest absolute Gasteiger partial charge is 0.126 e. The maximum Gasteiger partial charge on any atom is 0.126 e. The molecule has 0 amide bonds. The van der Waals surface area contributed by atoms with Crippen LogP contribution in [0.25, 0.3) is 0 Å². The summed E-state index contributed by atoms with van der Waals surface area (Å²) in [5, 5.41) is 3.32. The summed E-state index contributed by atoms with van der Waals surface area (Å²) in [6.45, 7) is 3.73. The van der Waals surface area contributed by atoms with Crippen molar-refractivity contribution in [2.45, 2.75) is 51.2 Å². The predicted molar refractivity (Wildman–Crippen MR) is 78.3 cm³/mol. The quantitative estimate of drug-likeness (QED) is 0.774. The summed E-state index contributed by atoms with van der Waals surface area (Å²) in [4.78, 5) is 4.40. The number of nitrogens with two attached hydrogens (primary N) is 1. The van der Waals surface area contributed by atoms with Gasteiger partial charge >= 0.3 is 0 Å². The summed E-state index contributed by atoms with van der Waals surface area (Å²) in [5.41, 5.74) is 6.92. The van der Waals surface area contributed by atoms with Gasteiger partial charge in [0, 0.05) is 24.9 Å². The number of hydrogen-bond acceptors (Lipinski definition) is 4. The average molecular weight is 263 g/mol. The van der Waals surface area contributed by atoms with E-state index in [0.717, 1.165) is 56.8 Å². The zero-order valence-electron chi connectivity index (χ0n) is 11.8. The van der Waals surface area contributed by atoms with E-state index in [0.29, 0.717) is 12.1 Å². The molecule has 0 unspecified atom stereocenters.